The summed E-state index contributed by atoms with van der Waals surface area (Å²) in [6.45, 7) is 1.88. The molecule has 0 aliphatic heterocycles. The topological polar surface area (TPSA) is 135 Å². The summed E-state index contributed by atoms with van der Waals surface area (Å²) < 4.78 is 4.01. The van der Waals surface area contributed by atoms with Gasteiger partial charge in [-0.25, -0.2) is 0 Å². The lowest BCUT2D eigenvalue weighted by atomic mass is 10.00. The Hall–Kier alpha value is -3.92. The summed E-state index contributed by atoms with van der Waals surface area (Å²) in [4.78, 5) is 43.4. The number of amides is 3. The zero-order valence-electron chi connectivity index (χ0n) is 21.2. The van der Waals surface area contributed by atoms with E-state index in [4.69, 9.17) is 11.5 Å². The van der Waals surface area contributed by atoms with Crippen molar-refractivity contribution in [1.29, 1.82) is 0 Å². The largest absolute Gasteiger partial charge is 0.395 e. The maximum absolute atomic E-state index is 14.2. The average Bonchev–Trinajstić information content (AvgIpc) is 3.52. The SMILES string of the molecule is Cc1ccccc1N(C(=O)c1snc(C(N)=O)c1N)C(C(=O)NC1CCCC1)c1ccc(N(C)C)cc1. The summed E-state index contributed by atoms with van der Waals surface area (Å²) in [5, 5.41) is 3.17. The summed E-state index contributed by atoms with van der Waals surface area (Å²) in [6.07, 6.45) is 3.92. The number of rotatable bonds is 8. The van der Waals surface area contributed by atoms with Gasteiger partial charge in [0.2, 0.25) is 5.91 Å². The predicted octanol–water partition coefficient (Wildman–Crippen LogP) is 3.65. The third-order valence-corrected chi connectivity index (χ3v) is 7.53. The van der Waals surface area contributed by atoms with Gasteiger partial charge in [-0.3, -0.25) is 19.3 Å². The van der Waals surface area contributed by atoms with Crippen LogP contribution in [0.2, 0.25) is 0 Å². The average molecular weight is 521 g/mol. The normalized spacial score (nSPS) is 14.2. The van der Waals surface area contributed by atoms with Crippen molar-refractivity contribution in [2.45, 2.75) is 44.7 Å². The Morgan fingerprint density at radius 3 is 2.27 bits per heavy atom. The van der Waals surface area contributed by atoms with Gasteiger partial charge in [-0.2, -0.15) is 4.37 Å². The third kappa shape index (κ3) is 5.43. The van der Waals surface area contributed by atoms with E-state index in [1.165, 1.54) is 4.90 Å². The fraction of sp³-hybridized carbons (Fsp3) is 0.333. The number of hydrogen-bond acceptors (Lipinski definition) is 7. The van der Waals surface area contributed by atoms with Crippen LogP contribution < -0.4 is 26.6 Å². The van der Waals surface area contributed by atoms with E-state index in [1.54, 1.807) is 6.07 Å². The number of nitrogens with two attached hydrogens (primary N) is 2. The van der Waals surface area contributed by atoms with Gasteiger partial charge in [-0.15, -0.1) is 0 Å². The van der Waals surface area contributed by atoms with Gasteiger partial charge in [0.05, 0.1) is 5.69 Å². The Bertz CT molecular complexity index is 1300. The van der Waals surface area contributed by atoms with E-state index >= 15 is 0 Å². The molecule has 0 radical (unpaired) electrons. The van der Waals surface area contributed by atoms with Crippen LogP contribution in [-0.2, 0) is 4.79 Å². The molecule has 1 aromatic heterocycles. The van der Waals surface area contributed by atoms with Crippen LogP contribution in [0.3, 0.4) is 0 Å². The monoisotopic (exact) mass is 520 g/mol. The van der Waals surface area contributed by atoms with Gasteiger partial charge >= 0.3 is 0 Å². The fourth-order valence-electron chi connectivity index (χ4n) is 4.66. The summed E-state index contributed by atoms with van der Waals surface area (Å²) in [5.74, 6) is -1.62. The molecule has 9 nitrogen and oxygen atoms in total. The van der Waals surface area contributed by atoms with Crippen molar-refractivity contribution >= 4 is 46.3 Å². The number of nitrogen functional groups attached to an aromatic ring is 1. The van der Waals surface area contributed by atoms with Crippen LogP contribution in [0.4, 0.5) is 17.1 Å². The smallest absolute Gasteiger partial charge is 0.273 e. The summed E-state index contributed by atoms with van der Waals surface area (Å²) >= 11 is 0.800. The minimum absolute atomic E-state index is 0.0554. The van der Waals surface area contributed by atoms with Crippen molar-refractivity contribution in [2.75, 3.05) is 29.6 Å². The van der Waals surface area contributed by atoms with Crippen LogP contribution in [0.25, 0.3) is 0 Å². The highest BCUT2D eigenvalue weighted by molar-refractivity contribution is 7.09. The fourth-order valence-corrected chi connectivity index (χ4v) is 5.40. The maximum Gasteiger partial charge on any atom is 0.273 e. The van der Waals surface area contributed by atoms with Crippen LogP contribution in [0.15, 0.2) is 48.5 Å². The van der Waals surface area contributed by atoms with Crippen LogP contribution in [-0.4, -0.2) is 42.2 Å². The standard InChI is InChI=1S/C27H32N6O3S/c1-16-8-4-7-11-20(16)33(27(36)24-21(28)22(25(29)34)31-37-24)23(26(35)30-18-9-5-6-10-18)17-12-14-19(15-13-17)32(2)3/h4,7-8,11-15,18,23H,5-6,9-10,28H2,1-3H3,(H2,29,34)(H,30,35). The second-order valence-corrected chi connectivity index (χ2v) is 10.3. The first-order chi connectivity index (χ1) is 17.7. The van der Waals surface area contributed by atoms with Gasteiger partial charge in [0.25, 0.3) is 11.8 Å². The number of carbonyl (C=O) groups is 3. The highest BCUT2D eigenvalue weighted by atomic mass is 32.1. The Labute approximate surface area is 220 Å². The molecule has 1 heterocycles. The maximum atomic E-state index is 14.2. The highest BCUT2D eigenvalue weighted by Gasteiger charge is 2.37. The molecule has 194 valence electrons. The van der Waals surface area contributed by atoms with Gasteiger partial charge in [0.15, 0.2) is 5.69 Å². The zero-order valence-corrected chi connectivity index (χ0v) is 22.0. The van der Waals surface area contributed by atoms with Crippen molar-refractivity contribution in [3.8, 4) is 0 Å². The molecule has 1 fully saturated rings. The molecule has 1 atom stereocenters. The van der Waals surface area contributed by atoms with E-state index in [2.05, 4.69) is 9.69 Å². The number of para-hydroxylation sites is 1. The lowest BCUT2D eigenvalue weighted by Gasteiger charge is -2.33. The van der Waals surface area contributed by atoms with Crippen LogP contribution in [0.5, 0.6) is 0 Å². The molecule has 2 aromatic carbocycles. The van der Waals surface area contributed by atoms with Gasteiger partial charge in [-0.1, -0.05) is 43.2 Å². The molecular weight excluding hydrogens is 488 g/mol. The number of aryl methyl sites for hydroxylation is 1. The molecule has 1 saturated carbocycles. The number of nitrogens with one attached hydrogen (secondary N) is 1. The number of carbonyl (C=O) groups excluding carboxylic acids is 3. The van der Waals surface area contributed by atoms with Crippen LogP contribution >= 0.6 is 11.5 Å². The first-order valence-corrected chi connectivity index (χ1v) is 13.0. The number of anilines is 3. The zero-order chi connectivity index (χ0) is 26.7. The molecule has 0 spiro atoms. The molecule has 1 aliphatic rings. The van der Waals surface area contributed by atoms with E-state index in [1.807, 2.05) is 68.4 Å². The predicted molar refractivity (Wildman–Crippen MR) is 147 cm³/mol. The quantitative estimate of drug-likeness (QED) is 0.415. The van der Waals surface area contributed by atoms with E-state index in [0.717, 1.165) is 48.5 Å². The Kier molecular flexibility index (Phi) is 7.77. The van der Waals surface area contributed by atoms with E-state index < -0.39 is 17.9 Å². The Morgan fingerprint density at radius 1 is 1.05 bits per heavy atom. The molecule has 10 heteroatoms. The lowest BCUT2D eigenvalue weighted by Crippen LogP contribution is -2.46. The molecule has 0 saturated heterocycles. The number of nitrogens with zero attached hydrogens (tertiary/aromatic N) is 3. The van der Waals surface area contributed by atoms with Crippen molar-refractivity contribution in [2.24, 2.45) is 5.73 Å². The number of benzene rings is 2. The van der Waals surface area contributed by atoms with Gasteiger partial charge < -0.3 is 21.7 Å². The lowest BCUT2D eigenvalue weighted by molar-refractivity contribution is -0.123. The van der Waals surface area contributed by atoms with Crippen molar-refractivity contribution in [3.05, 3.63) is 70.2 Å². The molecule has 3 amide bonds. The van der Waals surface area contributed by atoms with Crippen LogP contribution in [0.1, 0.15) is 63.0 Å². The minimum atomic E-state index is -0.982. The van der Waals surface area contributed by atoms with Gasteiger partial charge in [-0.05, 0) is 60.6 Å². The number of primary amides is 1. The van der Waals surface area contributed by atoms with Crippen molar-refractivity contribution in [1.82, 2.24) is 9.69 Å². The number of hydrogen-bond donors (Lipinski definition) is 3. The van der Waals surface area contributed by atoms with Crippen molar-refractivity contribution < 1.29 is 14.4 Å². The summed E-state index contributed by atoms with van der Waals surface area (Å²) in [7, 11) is 3.87. The molecule has 37 heavy (non-hydrogen) atoms. The third-order valence-electron chi connectivity index (χ3n) is 6.68. The molecule has 5 N–H and O–H groups in total. The van der Waals surface area contributed by atoms with Gasteiger partial charge in [0.1, 0.15) is 10.9 Å². The van der Waals surface area contributed by atoms with Crippen molar-refractivity contribution in [3.63, 3.8) is 0 Å². The molecule has 4 rings (SSSR count). The Balaban J connectivity index is 1.87. The highest BCUT2D eigenvalue weighted by Crippen LogP contribution is 2.35. The van der Waals surface area contributed by atoms with E-state index in [9.17, 15) is 14.4 Å². The molecule has 1 unspecified atom stereocenters. The minimum Gasteiger partial charge on any atom is -0.395 e. The van der Waals surface area contributed by atoms with E-state index in [0.29, 0.717) is 11.3 Å². The van der Waals surface area contributed by atoms with Gasteiger partial charge in [0, 0.05) is 31.5 Å². The summed E-state index contributed by atoms with van der Waals surface area (Å²) in [5.41, 5.74) is 14.3. The first kappa shape index (κ1) is 26.2. The van der Waals surface area contributed by atoms with E-state index in [-0.39, 0.29) is 28.2 Å². The summed E-state index contributed by atoms with van der Waals surface area (Å²) in [6, 6.07) is 14.0. The second kappa shape index (κ2) is 11.0. The molecule has 0 bridgehead atoms. The number of aromatic nitrogens is 1. The molecule has 3 aromatic rings. The first-order valence-electron chi connectivity index (χ1n) is 12.2. The van der Waals surface area contributed by atoms with Crippen LogP contribution in [0, 0.1) is 6.92 Å². The Morgan fingerprint density at radius 2 is 1.70 bits per heavy atom. The second-order valence-electron chi connectivity index (χ2n) is 9.48. The molecular formula is C27H32N6O3S. The molecule has 1 aliphatic carbocycles.